The third-order valence-electron chi connectivity index (χ3n) is 3.85. The number of sulfonamides is 1. The van der Waals surface area contributed by atoms with Crippen LogP contribution in [0.5, 0.6) is 0 Å². The molecule has 2 aromatic carbocycles. The van der Waals surface area contributed by atoms with Crippen molar-refractivity contribution in [3.8, 4) is 5.69 Å². The van der Waals surface area contributed by atoms with Crippen molar-refractivity contribution in [3.63, 3.8) is 0 Å². The van der Waals surface area contributed by atoms with Gasteiger partial charge in [-0.1, -0.05) is 18.2 Å². The van der Waals surface area contributed by atoms with Gasteiger partial charge in [0.25, 0.3) is 15.7 Å². The van der Waals surface area contributed by atoms with Crippen LogP contribution >= 0.6 is 0 Å². The number of hydrogen-bond acceptors (Lipinski definition) is 7. The highest BCUT2D eigenvalue weighted by Gasteiger charge is 2.25. The minimum Gasteiger partial charge on any atom is -0.462 e. The normalized spacial score (nSPS) is 11.1. The van der Waals surface area contributed by atoms with E-state index in [9.17, 15) is 23.3 Å². The van der Waals surface area contributed by atoms with Crippen molar-refractivity contribution < 1.29 is 22.9 Å². The lowest BCUT2D eigenvalue weighted by atomic mass is 10.3. The molecule has 10 nitrogen and oxygen atoms in total. The van der Waals surface area contributed by atoms with Gasteiger partial charge in [0, 0.05) is 12.1 Å². The minimum atomic E-state index is -4.17. The average Bonchev–Trinajstić information content (AvgIpc) is 3.12. The Labute approximate surface area is 165 Å². The zero-order chi connectivity index (χ0) is 21.0. The monoisotopic (exact) mass is 416 g/mol. The fourth-order valence-corrected chi connectivity index (χ4v) is 3.57. The van der Waals surface area contributed by atoms with Crippen LogP contribution in [0.1, 0.15) is 17.3 Å². The molecule has 29 heavy (non-hydrogen) atoms. The second-order valence-electron chi connectivity index (χ2n) is 5.73. The Hall–Kier alpha value is -3.73. The molecule has 1 N–H and O–H groups in total. The molecule has 0 atom stereocenters. The number of nitrogens with zero attached hydrogens (tertiary/aromatic N) is 3. The molecule has 0 aliphatic rings. The van der Waals surface area contributed by atoms with Gasteiger partial charge in [-0.05, 0) is 31.2 Å². The number of para-hydroxylation sites is 1. The van der Waals surface area contributed by atoms with Gasteiger partial charge in [0.1, 0.15) is 5.56 Å². The Morgan fingerprint density at radius 2 is 1.83 bits per heavy atom. The summed E-state index contributed by atoms with van der Waals surface area (Å²) in [5, 5.41) is 14.9. The Balaban J connectivity index is 2.05. The summed E-state index contributed by atoms with van der Waals surface area (Å²) in [5.74, 6) is -0.843. The van der Waals surface area contributed by atoms with Crippen LogP contribution in [0.15, 0.2) is 65.7 Å². The van der Waals surface area contributed by atoms with E-state index in [2.05, 4.69) is 9.82 Å². The van der Waals surface area contributed by atoms with Gasteiger partial charge in [-0.3, -0.25) is 14.8 Å². The Kier molecular flexibility index (Phi) is 5.59. The van der Waals surface area contributed by atoms with E-state index in [-0.39, 0.29) is 28.6 Å². The van der Waals surface area contributed by atoms with Gasteiger partial charge >= 0.3 is 5.97 Å². The highest BCUT2D eigenvalue weighted by Crippen LogP contribution is 2.25. The third-order valence-corrected chi connectivity index (χ3v) is 5.21. The van der Waals surface area contributed by atoms with Crippen molar-refractivity contribution in [2.45, 2.75) is 11.8 Å². The maximum absolute atomic E-state index is 12.8. The number of carbonyl (C=O) groups excluding carboxylic acids is 1. The number of aromatic nitrogens is 2. The second-order valence-corrected chi connectivity index (χ2v) is 7.41. The van der Waals surface area contributed by atoms with E-state index in [0.717, 1.165) is 24.3 Å². The number of nitro benzene ring substituents is 1. The number of carbonyl (C=O) groups is 1. The van der Waals surface area contributed by atoms with E-state index >= 15 is 0 Å². The fraction of sp³-hybridized carbons (Fsp3) is 0.111. The number of rotatable bonds is 7. The topological polar surface area (TPSA) is 133 Å². The summed E-state index contributed by atoms with van der Waals surface area (Å²) in [5.41, 5.74) is 0.205. The third kappa shape index (κ3) is 4.24. The molecule has 3 aromatic rings. The summed E-state index contributed by atoms with van der Waals surface area (Å²) in [4.78, 5) is 22.2. The summed E-state index contributed by atoms with van der Waals surface area (Å²) in [6, 6.07) is 13.0. The number of nitrogens with one attached hydrogen (secondary N) is 1. The number of esters is 1. The predicted octanol–water partition coefficient (Wildman–Crippen LogP) is 2.76. The highest BCUT2D eigenvalue weighted by atomic mass is 32.2. The maximum Gasteiger partial charge on any atom is 0.343 e. The number of benzene rings is 2. The van der Waals surface area contributed by atoms with Crippen LogP contribution in [0.3, 0.4) is 0 Å². The van der Waals surface area contributed by atoms with Crippen LogP contribution in [-0.2, 0) is 14.8 Å². The largest absolute Gasteiger partial charge is 0.462 e. The van der Waals surface area contributed by atoms with E-state index in [0.29, 0.717) is 5.69 Å². The van der Waals surface area contributed by atoms with Crippen LogP contribution in [0, 0.1) is 10.1 Å². The first-order valence-electron chi connectivity index (χ1n) is 8.41. The van der Waals surface area contributed by atoms with Crippen LogP contribution in [0.25, 0.3) is 5.69 Å². The minimum absolute atomic E-state index is 0.0683. The van der Waals surface area contributed by atoms with Gasteiger partial charge in [-0.15, -0.1) is 0 Å². The van der Waals surface area contributed by atoms with Crippen molar-refractivity contribution in [3.05, 3.63) is 76.5 Å². The SMILES string of the molecule is CCOC(=O)c1cnn(-c2ccccc2)c1NS(=O)(=O)c1ccc([N+](=O)[O-])cc1. The maximum atomic E-state index is 12.8. The van der Waals surface area contributed by atoms with E-state index in [1.165, 1.54) is 10.9 Å². The molecule has 0 saturated heterocycles. The van der Waals surface area contributed by atoms with Gasteiger partial charge < -0.3 is 4.74 Å². The smallest absolute Gasteiger partial charge is 0.343 e. The molecule has 0 spiro atoms. The first-order chi connectivity index (χ1) is 13.8. The number of ether oxygens (including phenoxy) is 1. The molecule has 0 radical (unpaired) electrons. The molecule has 1 aromatic heterocycles. The molecule has 0 unspecified atom stereocenters. The van der Waals surface area contributed by atoms with Gasteiger partial charge in [-0.2, -0.15) is 5.10 Å². The fourth-order valence-electron chi connectivity index (χ4n) is 2.50. The summed E-state index contributed by atoms with van der Waals surface area (Å²) in [6.07, 6.45) is 1.21. The molecule has 1 heterocycles. The zero-order valence-corrected chi connectivity index (χ0v) is 16.0. The first-order valence-corrected chi connectivity index (χ1v) is 9.89. The summed E-state index contributed by atoms with van der Waals surface area (Å²) < 4.78 is 34.2. The van der Waals surface area contributed by atoms with E-state index in [1.807, 2.05) is 0 Å². The van der Waals surface area contributed by atoms with Gasteiger partial charge in [-0.25, -0.2) is 17.9 Å². The molecular weight excluding hydrogens is 400 g/mol. The summed E-state index contributed by atoms with van der Waals surface area (Å²) >= 11 is 0. The summed E-state index contributed by atoms with van der Waals surface area (Å²) in [7, 11) is -4.17. The number of hydrogen-bond donors (Lipinski definition) is 1. The number of nitro groups is 1. The molecular formula is C18H16N4O6S. The number of anilines is 1. The van der Waals surface area contributed by atoms with E-state index < -0.39 is 20.9 Å². The molecule has 0 fully saturated rings. The molecule has 0 aliphatic heterocycles. The molecule has 0 aliphatic carbocycles. The van der Waals surface area contributed by atoms with Gasteiger partial charge in [0.05, 0.1) is 28.3 Å². The van der Waals surface area contributed by atoms with Crippen molar-refractivity contribution in [1.82, 2.24) is 9.78 Å². The van der Waals surface area contributed by atoms with E-state index in [1.54, 1.807) is 37.3 Å². The zero-order valence-electron chi connectivity index (χ0n) is 15.2. The quantitative estimate of drug-likeness (QED) is 0.355. The lowest BCUT2D eigenvalue weighted by Gasteiger charge is -2.12. The first kappa shape index (κ1) is 20.0. The number of non-ortho nitro benzene ring substituents is 1. The molecule has 0 saturated carbocycles. The average molecular weight is 416 g/mol. The lowest BCUT2D eigenvalue weighted by molar-refractivity contribution is -0.384. The van der Waals surface area contributed by atoms with Crippen LogP contribution < -0.4 is 4.72 Å². The van der Waals surface area contributed by atoms with Crippen molar-refractivity contribution in [2.75, 3.05) is 11.3 Å². The highest BCUT2D eigenvalue weighted by molar-refractivity contribution is 7.92. The van der Waals surface area contributed by atoms with Crippen LogP contribution in [0.4, 0.5) is 11.5 Å². The molecule has 11 heteroatoms. The molecule has 150 valence electrons. The second kappa shape index (κ2) is 8.10. The predicted molar refractivity (Wildman–Crippen MR) is 103 cm³/mol. The standard InChI is InChI=1S/C18H16N4O6S/c1-2-28-18(23)16-12-19-21(13-6-4-3-5-7-13)17(16)20-29(26,27)15-10-8-14(9-11-15)22(24)25/h3-12,20H,2H2,1H3. The van der Waals surface area contributed by atoms with E-state index in [4.69, 9.17) is 4.74 Å². The Morgan fingerprint density at radius 1 is 1.17 bits per heavy atom. The summed E-state index contributed by atoms with van der Waals surface area (Å²) in [6.45, 7) is 1.73. The lowest BCUT2D eigenvalue weighted by Crippen LogP contribution is -2.18. The molecule has 0 amide bonds. The van der Waals surface area contributed by atoms with Crippen LogP contribution in [0.2, 0.25) is 0 Å². The van der Waals surface area contributed by atoms with Crippen molar-refractivity contribution in [1.29, 1.82) is 0 Å². The Bertz CT molecular complexity index is 1140. The van der Waals surface area contributed by atoms with Crippen molar-refractivity contribution >= 4 is 27.5 Å². The molecule has 3 rings (SSSR count). The van der Waals surface area contributed by atoms with Crippen LogP contribution in [-0.4, -0.2) is 35.7 Å². The van der Waals surface area contributed by atoms with Gasteiger partial charge in [0.15, 0.2) is 5.82 Å². The van der Waals surface area contributed by atoms with Crippen molar-refractivity contribution in [2.24, 2.45) is 0 Å². The van der Waals surface area contributed by atoms with Gasteiger partial charge in [0.2, 0.25) is 0 Å². The molecule has 0 bridgehead atoms. The Morgan fingerprint density at radius 3 is 2.41 bits per heavy atom.